The van der Waals surface area contributed by atoms with Crippen molar-refractivity contribution in [2.75, 3.05) is 6.54 Å². The molecule has 0 aliphatic heterocycles. The molecule has 86 valence electrons. The molecule has 0 aliphatic carbocycles. The summed E-state index contributed by atoms with van der Waals surface area (Å²) in [4.78, 5) is 0. The van der Waals surface area contributed by atoms with E-state index in [9.17, 15) is 8.42 Å². The molecule has 1 aromatic heterocycles. The van der Waals surface area contributed by atoms with Gasteiger partial charge in [-0.15, -0.1) is 11.3 Å². The molecule has 0 amide bonds. The molecule has 2 atom stereocenters. The maximum Gasteiger partial charge on any atom is 0.250 e. The van der Waals surface area contributed by atoms with Crippen molar-refractivity contribution in [3.05, 3.63) is 17.5 Å². The quantitative estimate of drug-likeness (QED) is 0.671. The van der Waals surface area contributed by atoms with Crippen molar-refractivity contribution in [1.82, 2.24) is 4.72 Å². The van der Waals surface area contributed by atoms with Gasteiger partial charge in [0.05, 0.1) is 6.10 Å². The van der Waals surface area contributed by atoms with E-state index in [4.69, 9.17) is 10.8 Å². The Balaban J connectivity index is 2.59. The molecule has 2 unspecified atom stereocenters. The molecular formula is C8H14N2O3S2. The Hall–Kier alpha value is -0.470. The maximum absolute atomic E-state index is 11.6. The Morgan fingerprint density at radius 2 is 2.33 bits per heavy atom. The minimum Gasteiger partial charge on any atom is -0.392 e. The molecule has 0 spiro atoms. The van der Waals surface area contributed by atoms with Crippen LogP contribution in [-0.4, -0.2) is 32.2 Å². The Bertz CT molecular complexity index is 386. The van der Waals surface area contributed by atoms with E-state index in [1.165, 1.54) is 13.0 Å². The summed E-state index contributed by atoms with van der Waals surface area (Å²) < 4.78 is 25.8. The number of thiophene rings is 1. The molecule has 4 N–H and O–H groups in total. The monoisotopic (exact) mass is 250 g/mol. The van der Waals surface area contributed by atoms with Gasteiger partial charge in [-0.25, -0.2) is 13.1 Å². The lowest BCUT2D eigenvalue weighted by molar-refractivity contribution is 0.164. The lowest BCUT2D eigenvalue weighted by Crippen LogP contribution is -2.43. The number of aliphatic hydroxyl groups excluding tert-OH is 1. The molecule has 0 saturated carbocycles. The lowest BCUT2D eigenvalue weighted by Gasteiger charge is -2.14. The van der Waals surface area contributed by atoms with Crippen LogP contribution in [-0.2, 0) is 10.0 Å². The second kappa shape index (κ2) is 5.04. The van der Waals surface area contributed by atoms with E-state index in [2.05, 4.69) is 4.72 Å². The van der Waals surface area contributed by atoms with Crippen LogP contribution in [0.15, 0.2) is 21.7 Å². The third-order valence-corrected chi connectivity index (χ3v) is 4.71. The van der Waals surface area contributed by atoms with Crippen molar-refractivity contribution >= 4 is 21.4 Å². The highest BCUT2D eigenvalue weighted by Crippen LogP contribution is 2.14. The number of aliphatic hydroxyl groups is 1. The highest BCUT2D eigenvalue weighted by Gasteiger charge is 2.17. The van der Waals surface area contributed by atoms with Gasteiger partial charge >= 0.3 is 0 Å². The summed E-state index contributed by atoms with van der Waals surface area (Å²) in [6.07, 6.45) is -0.740. The largest absolute Gasteiger partial charge is 0.392 e. The molecule has 15 heavy (non-hydrogen) atoms. The first-order chi connectivity index (χ1) is 6.93. The van der Waals surface area contributed by atoms with Crippen LogP contribution >= 0.6 is 11.3 Å². The van der Waals surface area contributed by atoms with Gasteiger partial charge in [-0.05, 0) is 18.4 Å². The molecule has 0 bridgehead atoms. The van der Waals surface area contributed by atoms with Gasteiger partial charge in [0.25, 0.3) is 0 Å². The molecule has 1 aromatic rings. The number of rotatable bonds is 5. The number of sulfonamides is 1. The van der Waals surface area contributed by atoms with Crippen LogP contribution in [0.3, 0.4) is 0 Å². The van der Waals surface area contributed by atoms with Gasteiger partial charge in [0.2, 0.25) is 10.0 Å². The van der Waals surface area contributed by atoms with Crippen LogP contribution in [0.5, 0.6) is 0 Å². The molecular weight excluding hydrogens is 236 g/mol. The van der Waals surface area contributed by atoms with Crippen molar-refractivity contribution < 1.29 is 13.5 Å². The van der Waals surface area contributed by atoms with E-state index in [0.717, 1.165) is 11.3 Å². The average molecular weight is 250 g/mol. The van der Waals surface area contributed by atoms with Gasteiger partial charge in [0.15, 0.2) is 0 Å². The van der Waals surface area contributed by atoms with Crippen molar-refractivity contribution in [3.8, 4) is 0 Å². The zero-order valence-corrected chi connectivity index (χ0v) is 9.88. The van der Waals surface area contributed by atoms with E-state index < -0.39 is 22.2 Å². The van der Waals surface area contributed by atoms with Crippen molar-refractivity contribution in [2.24, 2.45) is 5.73 Å². The molecule has 0 fully saturated rings. The zero-order chi connectivity index (χ0) is 11.5. The summed E-state index contributed by atoms with van der Waals surface area (Å²) in [5.74, 6) is 0. The minimum atomic E-state index is -3.47. The summed E-state index contributed by atoms with van der Waals surface area (Å²) in [7, 11) is -3.47. The first-order valence-corrected chi connectivity index (χ1v) is 6.76. The number of hydrogen-bond acceptors (Lipinski definition) is 5. The van der Waals surface area contributed by atoms with Crippen LogP contribution in [0, 0.1) is 0 Å². The first kappa shape index (κ1) is 12.6. The molecule has 0 radical (unpaired) electrons. The van der Waals surface area contributed by atoms with Crippen molar-refractivity contribution in [2.45, 2.75) is 23.3 Å². The fraction of sp³-hybridized carbons (Fsp3) is 0.500. The van der Waals surface area contributed by atoms with Crippen LogP contribution < -0.4 is 10.5 Å². The second-order valence-corrected chi connectivity index (χ2v) is 6.13. The third kappa shape index (κ3) is 3.54. The van der Waals surface area contributed by atoms with Crippen LogP contribution in [0.4, 0.5) is 0 Å². The highest BCUT2D eigenvalue weighted by molar-refractivity contribution is 7.91. The van der Waals surface area contributed by atoms with E-state index >= 15 is 0 Å². The number of hydrogen-bond donors (Lipinski definition) is 3. The van der Waals surface area contributed by atoms with E-state index in [0.29, 0.717) is 0 Å². The summed E-state index contributed by atoms with van der Waals surface area (Å²) >= 11 is 1.14. The predicted molar refractivity (Wildman–Crippen MR) is 59.2 cm³/mol. The van der Waals surface area contributed by atoms with Crippen molar-refractivity contribution in [1.29, 1.82) is 0 Å². The first-order valence-electron chi connectivity index (χ1n) is 4.40. The topological polar surface area (TPSA) is 92.4 Å². The Morgan fingerprint density at radius 1 is 1.67 bits per heavy atom. The van der Waals surface area contributed by atoms with E-state index in [-0.39, 0.29) is 10.8 Å². The van der Waals surface area contributed by atoms with Gasteiger partial charge in [-0.1, -0.05) is 6.07 Å². The lowest BCUT2D eigenvalue weighted by atomic mass is 10.2. The highest BCUT2D eigenvalue weighted by atomic mass is 32.2. The van der Waals surface area contributed by atoms with E-state index in [1.54, 1.807) is 11.4 Å². The molecule has 0 aliphatic rings. The van der Waals surface area contributed by atoms with Gasteiger partial charge in [0, 0.05) is 12.6 Å². The summed E-state index contributed by atoms with van der Waals surface area (Å²) in [6.45, 7) is 1.54. The Morgan fingerprint density at radius 3 is 2.80 bits per heavy atom. The van der Waals surface area contributed by atoms with Gasteiger partial charge in [-0.3, -0.25) is 0 Å². The molecule has 1 rings (SSSR count). The van der Waals surface area contributed by atoms with Gasteiger partial charge in [0.1, 0.15) is 4.21 Å². The summed E-state index contributed by atoms with van der Waals surface area (Å²) in [5, 5.41) is 10.8. The van der Waals surface area contributed by atoms with Gasteiger partial charge < -0.3 is 10.8 Å². The van der Waals surface area contributed by atoms with Crippen molar-refractivity contribution in [3.63, 3.8) is 0 Å². The second-order valence-electron chi connectivity index (χ2n) is 3.19. The Kier molecular flexibility index (Phi) is 4.23. The van der Waals surface area contributed by atoms with E-state index in [1.807, 2.05) is 0 Å². The van der Waals surface area contributed by atoms with Crippen LogP contribution in [0.2, 0.25) is 0 Å². The fourth-order valence-corrected chi connectivity index (χ4v) is 2.97. The normalized spacial score (nSPS) is 16.2. The molecule has 0 saturated heterocycles. The average Bonchev–Trinajstić information content (AvgIpc) is 2.67. The summed E-state index contributed by atoms with van der Waals surface area (Å²) in [6, 6.07) is 2.58. The smallest absolute Gasteiger partial charge is 0.250 e. The van der Waals surface area contributed by atoms with Gasteiger partial charge in [-0.2, -0.15) is 0 Å². The molecule has 1 heterocycles. The molecule has 7 heteroatoms. The molecule has 5 nitrogen and oxygen atoms in total. The predicted octanol–water partition coefficient (Wildman–Crippen LogP) is -0.265. The van der Waals surface area contributed by atoms with Crippen LogP contribution in [0.25, 0.3) is 0 Å². The minimum absolute atomic E-state index is 0.0257. The zero-order valence-electron chi connectivity index (χ0n) is 8.25. The maximum atomic E-state index is 11.6. The fourth-order valence-electron chi connectivity index (χ4n) is 0.864. The number of nitrogens with two attached hydrogens (primary N) is 1. The Labute approximate surface area is 93.0 Å². The SMILES string of the molecule is CC(O)C(N)CNS(=O)(=O)c1cccs1. The number of nitrogens with one attached hydrogen (secondary N) is 1. The van der Waals surface area contributed by atoms with Crippen LogP contribution in [0.1, 0.15) is 6.92 Å². The molecule has 0 aromatic carbocycles. The standard InChI is InChI=1S/C8H14N2O3S2/c1-6(11)7(9)5-10-15(12,13)8-3-2-4-14-8/h2-4,6-7,10-11H,5,9H2,1H3. The summed E-state index contributed by atoms with van der Waals surface area (Å²) in [5.41, 5.74) is 5.50. The third-order valence-electron chi connectivity index (χ3n) is 1.89.